The van der Waals surface area contributed by atoms with Crippen molar-refractivity contribution in [3.05, 3.63) is 48.0 Å². The first-order chi connectivity index (χ1) is 15.2. The zero-order chi connectivity index (χ0) is 21.2. The summed E-state index contributed by atoms with van der Waals surface area (Å²) in [4.78, 5) is 30.4. The molecule has 0 radical (unpaired) electrons. The summed E-state index contributed by atoms with van der Waals surface area (Å²) in [6.45, 7) is 0.432. The molecular formula is C26H33N3O2. The highest BCUT2D eigenvalue weighted by Gasteiger charge is 2.42. The number of carbonyl (C=O) groups is 2. The minimum Gasteiger partial charge on any atom is -0.322 e. The second kappa shape index (κ2) is 8.99. The van der Waals surface area contributed by atoms with E-state index in [4.69, 9.17) is 0 Å². The molecule has 1 heterocycles. The molecular weight excluding hydrogens is 386 g/mol. The SMILES string of the molecule is O=C1NC(c2cccc3ccccc23)C(=O)N1CN(C1CCCCC1)C1CCCCC1. The van der Waals surface area contributed by atoms with Crippen molar-refractivity contribution >= 4 is 22.7 Å². The van der Waals surface area contributed by atoms with Crippen molar-refractivity contribution in [2.75, 3.05) is 6.67 Å². The molecule has 2 aromatic rings. The van der Waals surface area contributed by atoms with Gasteiger partial charge in [-0.15, -0.1) is 0 Å². The van der Waals surface area contributed by atoms with Crippen LogP contribution in [0.1, 0.15) is 75.8 Å². The summed E-state index contributed by atoms with van der Waals surface area (Å²) < 4.78 is 0. The minimum absolute atomic E-state index is 0.113. The number of hydrogen-bond acceptors (Lipinski definition) is 3. The quantitative estimate of drug-likeness (QED) is 0.664. The van der Waals surface area contributed by atoms with Gasteiger partial charge in [0.15, 0.2) is 0 Å². The monoisotopic (exact) mass is 419 g/mol. The van der Waals surface area contributed by atoms with Gasteiger partial charge in [0.1, 0.15) is 6.04 Å². The van der Waals surface area contributed by atoms with Crippen LogP contribution in [0.25, 0.3) is 10.8 Å². The fourth-order valence-corrected chi connectivity index (χ4v) is 5.88. The first-order valence-electron chi connectivity index (χ1n) is 12.1. The molecule has 3 amide bonds. The Morgan fingerprint density at radius 3 is 2.10 bits per heavy atom. The van der Waals surface area contributed by atoms with E-state index >= 15 is 0 Å². The molecule has 1 unspecified atom stereocenters. The number of nitrogens with one attached hydrogen (secondary N) is 1. The Balaban J connectivity index is 1.40. The van der Waals surface area contributed by atoms with E-state index in [1.807, 2.05) is 42.5 Å². The number of amides is 3. The van der Waals surface area contributed by atoms with Gasteiger partial charge in [-0.25, -0.2) is 9.69 Å². The Morgan fingerprint density at radius 2 is 1.42 bits per heavy atom. The molecule has 0 spiro atoms. The maximum atomic E-state index is 13.5. The lowest BCUT2D eigenvalue weighted by Gasteiger charge is -2.42. The van der Waals surface area contributed by atoms with Crippen LogP contribution in [0.5, 0.6) is 0 Å². The third-order valence-electron chi connectivity index (χ3n) is 7.55. The maximum Gasteiger partial charge on any atom is 0.326 e. The van der Waals surface area contributed by atoms with Crippen LogP contribution in [0.15, 0.2) is 42.5 Å². The third-order valence-corrected chi connectivity index (χ3v) is 7.55. The topological polar surface area (TPSA) is 52.7 Å². The van der Waals surface area contributed by atoms with Crippen molar-refractivity contribution in [1.82, 2.24) is 15.1 Å². The van der Waals surface area contributed by atoms with Gasteiger partial charge in [0.2, 0.25) is 0 Å². The van der Waals surface area contributed by atoms with Crippen LogP contribution in [0.4, 0.5) is 4.79 Å². The highest BCUT2D eigenvalue weighted by molar-refractivity contribution is 6.06. The van der Waals surface area contributed by atoms with E-state index in [9.17, 15) is 9.59 Å². The zero-order valence-electron chi connectivity index (χ0n) is 18.3. The standard InChI is InChI=1S/C26H33N3O2/c30-25-24(23-17-9-11-19-10-7-8-16-22(19)23)27-26(31)29(25)18-28(20-12-3-1-4-13-20)21-14-5-2-6-15-21/h7-11,16-17,20-21,24H,1-6,12-15,18H2,(H,27,31). The first kappa shape index (κ1) is 20.5. The zero-order valence-corrected chi connectivity index (χ0v) is 18.3. The summed E-state index contributed by atoms with van der Waals surface area (Å²) >= 11 is 0. The van der Waals surface area contributed by atoms with Crippen molar-refractivity contribution in [2.24, 2.45) is 0 Å². The fraction of sp³-hybridized carbons (Fsp3) is 0.538. The number of imide groups is 1. The second-order valence-corrected chi connectivity index (χ2v) is 9.46. The number of benzene rings is 2. The summed E-state index contributed by atoms with van der Waals surface area (Å²) in [6.07, 6.45) is 12.4. The van der Waals surface area contributed by atoms with Crippen molar-refractivity contribution in [3.8, 4) is 0 Å². The van der Waals surface area contributed by atoms with E-state index in [0.717, 1.165) is 16.3 Å². The Morgan fingerprint density at radius 1 is 0.806 bits per heavy atom. The van der Waals surface area contributed by atoms with Crippen LogP contribution in [0.3, 0.4) is 0 Å². The van der Waals surface area contributed by atoms with E-state index < -0.39 is 6.04 Å². The van der Waals surface area contributed by atoms with Crippen molar-refractivity contribution in [1.29, 1.82) is 0 Å². The molecule has 1 saturated heterocycles. The normalized spacial score (nSPS) is 23.6. The summed E-state index contributed by atoms with van der Waals surface area (Å²) in [5.41, 5.74) is 0.890. The molecule has 1 N–H and O–H groups in total. The average Bonchev–Trinajstić information content (AvgIpc) is 3.11. The van der Waals surface area contributed by atoms with Crippen LogP contribution in [0.2, 0.25) is 0 Å². The Kier molecular flexibility index (Phi) is 5.95. The summed E-state index contributed by atoms with van der Waals surface area (Å²) in [5.74, 6) is -0.113. The molecule has 2 saturated carbocycles. The van der Waals surface area contributed by atoms with Crippen LogP contribution in [0, 0.1) is 0 Å². The minimum atomic E-state index is -0.599. The van der Waals surface area contributed by atoms with Gasteiger partial charge in [0.05, 0.1) is 6.67 Å². The molecule has 164 valence electrons. The molecule has 2 aliphatic carbocycles. The van der Waals surface area contributed by atoms with Gasteiger partial charge in [-0.1, -0.05) is 81.0 Å². The van der Waals surface area contributed by atoms with Gasteiger partial charge >= 0.3 is 6.03 Å². The van der Waals surface area contributed by atoms with Gasteiger partial charge in [0.25, 0.3) is 5.91 Å². The highest BCUT2D eigenvalue weighted by Crippen LogP contribution is 2.33. The molecule has 5 nitrogen and oxygen atoms in total. The lowest BCUT2D eigenvalue weighted by atomic mass is 9.89. The highest BCUT2D eigenvalue weighted by atomic mass is 16.2. The number of fused-ring (bicyclic) bond motifs is 1. The Bertz CT molecular complexity index is 923. The van der Waals surface area contributed by atoms with Gasteiger partial charge in [-0.2, -0.15) is 0 Å². The molecule has 31 heavy (non-hydrogen) atoms. The molecule has 1 atom stereocenters. The predicted molar refractivity (Wildman–Crippen MR) is 123 cm³/mol. The van der Waals surface area contributed by atoms with Gasteiger partial charge in [0, 0.05) is 12.1 Å². The number of urea groups is 1. The largest absolute Gasteiger partial charge is 0.326 e. The molecule has 5 rings (SSSR count). The summed E-state index contributed by atoms with van der Waals surface area (Å²) in [6, 6.07) is 14.2. The van der Waals surface area contributed by atoms with E-state index in [0.29, 0.717) is 18.8 Å². The first-order valence-corrected chi connectivity index (χ1v) is 12.1. The van der Waals surface area contributed by atoms with Crippen LogP contribution < -0.4 is 5.32 Å². The van der Waals surface area contributed by atoms with Gasteiger partial charge < -0.3 is 5.32 Å². The molecule has 5 heteroatoms. The average molecular weight is 420 g/mol. The van der Waals surface area contributed by atoms with E-state index in [-0.39, 0.29) is 11.9 Å². The maximum absolute atomic E-state index is 13.5. The van der Waals surface area contributed by atoms with Gasteiger partial charge in [-0.05, 0) is 42.0 Å². The molecule has 3 fully saturated rings. The van der Waals surface area contributed by atoms with Crippen LogP contribution in [-0.2, 0) is 4.79 Å². The second-order valence-electron chi connectivity index (χ2n) is 9.46. The lowest BCUT2D eigenvalue weighted by Crippen LogP contribution is -2.52. The molecule has 0 bridgehead atoms. The Labute approximate surface area is 184 Å². The van der Waals surface area contributed by atoms with Crippen molar-refractivity contribution in [3.63, 3.8) is 0 Å². The molecule has 1 aliphatic heterocycles. The predicted octanol–water partition coefficient (Wildman–Crippen LogP) is 5.36. The number of nitrogens with zero attached hydrogens (tertiary/aromatic N) is 2. The van der Waals surface area contributed by atoms with Gasteiger partial charge in [-0.3, -0.25) is 9.69 Å². The van der Waals surface area contributed by atoms with E-state index in [1.54, 1.807) is 0 Å². The molecule has 0 aromatic heterocycles. The Hall–Kier alpha value is -2.40. The lowest BCUT2D eigenvalue weighted by molar-refractivity contribution is -0.130. The van der Waals surface area contributed by atoms with Crippen LogP contribution in [-0.4, -0.2) is 40.5 Å². The fourth-order valence-electron chi connectivity index (χ4n) is 5.88. The third kappa shape index (κ3) is 4.08. The molecule has 3 aliphatic rings. The van der Waals surface area contributed by atoms with Crippen LogP contribution >= 0.6 is 0 Å². The molecule has 2 aromatic carbocycles. The summed E-state index contributed by atoms with van der Waals surface area (Å²) in [7, 11) is 0. The number of carbonyl (C=O) groups excluding carboxylic acids is 2. The van der Waals surface area contributed by atoms with Crippen molar-refractivity contribution in [2.45, 2.75) is 82.3 Å². The number of rotatable bonds is 5. The van der Waals surface area contributed by atoms with E-state index in [1.165, 1.54) is 69.1 Å². The number of hydrogen-bond donors (Lipinski definition) is 1. The summed E-state index contributed by atoms with van der Waals surface area (Å²) in [5, 5.41) is 5.10. The smallest absolute Gasteiger partial charge is 0.322 e. The van der Waals surface area contributed by atoms with E-state index in [2.05, 4.69) is 10.2 Å². The van der Waals surface area contributed by atoms with Crippen molar-refractivity contribution < 1.29 is 9.59 Å².